The van der Waals surface area contributed by atoms with Crippen LogP contribution in [0, 0.1) is 40.9 Å². The molecule has 2 nitrogen and oxygen atoms in total. The SMILES string of the molecule is C#CC.CC.CC12CCC(=O)C=C1CCC1C2CCC2(C)C(O)CCC12. The summed E-state index contributed by atoms with van der Waals surface area (Å²) in [6.45, 7) is 10.4. The zero-order chi connectivity index (χ0) is 19.5. The van der Waals surface area contributed by atoms with E-state index in [4.69, 9.17) is 0 Å². The third-order valence-corrected chi connectivity index (χ3v) is 7.91. The fourth-order valence-electron chi connectivity index (χ4n) is 6.53. The molecule has 1 N–H and O–H groups in total. The normalized spacial score (nSPS) is 43.1. The maximum atomic E-state index is 11.8. The molecule has 0 amide bonds. The number of aliphatic hydroxyl groups excluding tert-OH is 1. The van der Waals surface area contributed by atoms with Gasteiger partial charge in [0.15, 0.2) is 5.78 Å². The standard InChI is InChI=1S/C19H28O2.C3H4.C2H6/c1-18-9-7-13(20)11-12(18)3-4-14-15-5-6-17(21)19(15,2)10-8-16(14)18;1-3-2;1-2/h11,14-17,21H,3-10H2,1-2H3;1H,2H3;1-2H3. The Kier molecular flexibility index (Phi) is 6.78. The highest BCUT2D eigenvalue weighted by atomic mass is 16.3. The van der Waals surface area contributed by atoms with Crippen molar-refractivity contribution in [2.75, 3.05) is 0 Å². The van der Waals surface area contributed by atoms with E-state index in [1.165, 1.54) is 31.3 Å². The Morgan fingerprint density at radius 2 is 1.73 bits per heavy atom. The number of hydrogen-bond acceptors (Lipinski definition) is 2. The van der Waals surface area contributed by atoms with Crippen LogP contribution in [0.25, 0.3) is 0 Å². The second-order valence-electron chi connectivity index (χ2n) is 8.90. The van der Waals surface area contributed by atoms with Crippen LogP contribution in [0.5, 0.6) is 0 Å². The highest BCUT2D eigenvalue weighted by Crippen LogP contribution is 2.65. The molecule has 0 aliphatic heterocycles. The fourth-order valence-corrected chi connectivity index (χ4v) is 6.53. The molecule has 6 unspecified atom stereocenters. The highest BCUT2D eigenvalue weighted by molar-refractivity contribution is 5.91. The van der Waals surface area contributed by atoms with Gasteiger partial charge in [-0.3, -0.25) is 4.79 Å². The zero-order valence-corrected chi connectivity index (χ0v) is 17.5. The molecule has 2 heteroatoms. The molecule has 146 valence electrons. The molecule has 6 atom stereocenters. The summed E-state index contributed by atoms with van der Waals surface area (Å²) in [7, 11) is 0. The molecule has 4 aliphatic rings. The van der Waals surface area contributed by atoms with Gasteiger partial charge >= 0.3 is 0 Å². The Bertz CT molecular complexity index is 584. The molecule has 0 aromatic heterocycles. The second kappa shape index (κ2) is 8.30. The predicted molar refractivity (Wildman–Crippen MR) is 109 cm³/mol. The van der Waals surface area contributed by atoms with E-state index < -0.39 is 0 Å². The highest BCUT2D eigenvalue weighted by Gasteiger charge is 2.58. The maximum absolute atomic E-state index is 11.8. The van der Waals surface area contributed by atoms with Gasteiger partial charge in [0.1, 0.15) is 0 Å². The van der Waals surface area contributed by atoms with Gasteiger partial charge in [-0.05, 0) is 86.5 Å². The Morgan fingerprint density at radius 1 is 1.08 bits per heavy atom. The summed E-state index contributed by atoms with van der Waals surface area (Å²) < 4.78 is 0. The average molecular weight is 359 g/mol. The first-order chi connectivity index (χ1) is 12.4. The van der Waals surface area contributed by atoms with Crippen LogP contribution in [0.1, 0.15) is 86.0 Å². The van der Waals surface area contributed by atoms with Crippen LogP contribution in [-0.4, -0.2) is 17.0 Å². The van der Waals surface area contributed by atoms with Crippen molar-refractivity contribution in [2.45, 2.75) is 92.1 Å². The van der Waals surface area contributed by atoms with Gasteiger partial charge in [-0.2, -0.15) is 0 Å². The second-order valence-corrected chi connectivity index (χ2v) is 8.90. The van der Waals surface area contributed by atoms with Gasteiger partial charge in [-0.1, -0.05) is 33.3 Å². The van der Waals surface area contributed by atoms with Crippen molar-refractivity contribution >= 4 is 5.78 Å². The first-order valence-electron chi connectivity index (χ1n) is 10.7. The van der Waals surface area contributed by atoms with E-state index in [1.807, 2.05) is 19.9 Å². The largest absolute Gasteiger partial charge is 0.393 e. The summed E-state index contributed by atoms with van der Waals surface area (Å²) >= 11 is 0. The number of fused-ring (bicyclic) bond motifs is 5. The molecule has 26 heavy (non-hydrogen) atoms. The Morgan fingerprint density at radius 3 is 2.38 bits per heavy atom. The van der Waals surface area contributed by atoms with E-state index >= 15 is 0 Å². The Balaban J connectivity index is 0.000000444. The number of carbonyl (C=O) groups excluding carboxylic acids is 1. The topological polar surface area (TPSA) is 37.3 Å². The summed E-state index contributed by atoms with van der Waals surface area (Å²) in [6, 6.07) is 0. The van der Waals surface area contributed by atoms with E-state index in [0.29, 0.717) is 11.7 Å². The molecule has 3 fully saturated rings. The van der Waals surface area contributed by atoms with Crippen molar-refractivity contribution in [1.29, 1.82) is 0 Å². The van der Waals surface area contributed by atoms with E-state index in [1.54, 1.807) is 6.92 Å². The summed E-state index contributed by atoms with van der Waals surface area (Å²) in [5, 5.41) is 10.4. The number of allylic oxidation sites excluding steroid dienone is 1. The smallest absolute Gasteiger partial charge is 0.155 e. The van der Waals surface area contributed by atoms with Crippen molar-refractivity contribution in [3.63, 3.8) is 0 Å². The molecule has 4 rings (SSSR count). The number of terminal acetylenes is 1. The summed E-state index contributed by atoms with van der Waals surface area (Å²) in [5.74, 6) is 4.82. The lowest BCUT2D eigenvalue weighted by Gasteiger charge is -2.57. The van der Waals surface area contributed by atoms with Gasteiger partial charge in [-0.25, -0.2) is 0 Å². The zero-order valence-electron chi connectivity index (χ0n) is 17.5. The fraction of sp³-hybridized carbons (Fsp3) is 0.792. The van der Waals surface area contributed by atoms with E-state index in [9.17, 15) is 9.90 Å². The summed E-state index contributed by atoms with van der Waals surface area (Å²) in [6.07, 6.45) is 15.3. The van der Waals surface area contributed by atoms with Gasteiger partial charge in [-0.15, -0.1) is 12.3 Å². The van der Waals surface area contributed by atoms with E-state index in [2.05, 4.69) is 26.2 Å². The quantitative estimate of drug-likeness (QED) is 0.577. The van der Waals surface area contributed by atoms with Crippen LogP contribution >= 0.6 is 0 Å². The lowest BCUT2D eigenvalue weighted by molar-refractivity contribution is -0.118. The van der Waals surface area contributed by atoms with E-state index in [0.717, 1.165) is 37.5 Å². The first-order valence-corrected chi connectivity index (χ1v) is 10.7. The summed E-state index contributed by atoms with van der Waals surface area (Å²) in [4.78, 5) is 11.8. The molecule has 3 saturated carbocycles. The van der Waals surface area contributed by atoms with Crippen LogP contribution < -0.4 is 0 Å². The lowest BCUT2D eigenvalue weighted by atomic mass is 9.47. The van der Waals surface area contributed by atoms with E-state index in [-0.39, 0.29) is 16.9 Å². The third-order valence-electron chi connectivity index (χ3n) is 7.91. The number of carbonyl (C=O) groups is 1. The monoisotopic (exact) mass is 358 g/mol. The van der Waals surface area contributed by atoms with Crippen LogP contribution in [0.3, 0.4) is 0 Å². The molecule has 0 spiro atoms. The minimum absolute atomic E-state index is 0.0823. The van der Waals surface area contributed by atoms with Crippen molar-refractivity contribution in [2.24, 2.45) is 28.6 Å². The number of ketones is 1. The molecule has 0 bridgehead atoms. The molecule has 0 saturated heterocycles. The number of hydrogen-bond donors (Lipinski definition) is 1. The summed E-state index contributed by atoms with van der Waals surface area (Å²) in [5.41, 5.74) is 1.89. The van der Waals surface area contributed by atoms with Gasteiger partial charge in [0.2, 0.25) is 0 Å². The molecular formula is C24H38O2. The number of rotatable bonds is 0. The average Bonchev–Trinajstić information content (AvgIpc) is 2.93. The molecular weight excluding hydrogens is 320 g/mol. The van der Waals surface area contributed by atoms with Gasteiger partial charge in [0, 0.05) is 6.42 Å². The van der Waals surface area contributed by atoms with Crippen molar-refractivity contribution in [3.8, 4) is 12.3 Å². The third kappa shape index (κ3) is 3.40. The molecule has 0 radical (unpaired) electrons. The first kappa shape index (κ1) is 21.2. The molecule has 0 heterocycles. The van der Waals surface area contributed by atoms with Gasteiger partial charge < -0.3 is 5.11 Å². The predicted octanol–water partition coefficient (Wildman–Crippen LogP) is 5.54. The lowest BCUT2D eigenvalue weighted by Crippen LogP contribution is -2.51. The van der Waals surface area contributed by atoms with Crippen LogP contribution in [-0.2, 0) is 4.79 Å². The minimum atomic E-state index is -0.0823. The van der Waals surface area contributed by atoms with Crippen LogP contribution in [0.15, 0.2) is 11.6 Å². The minimum Gasteiger partial charge on any atom is -0.393 e. The van der Waals surface area contributed by atoms with Crippen LogP contribution in [0.4, 0.5) is 0 Å². The van der Waals surface area contributed by atoms with Gasteiger partial charge in [0.25, 0.3) is 0 Å². The Hall–Kier alpha value is -1.07. The molecule has 0 aromatic rings. The van der Waals surface area contributed by atoms with Crippen molar-refractivity contribution in [3.05, 3.63) is 11.6 Å². The van der Waals surface area contributed by atoms with Crippen LogP contribution in [0.2, 0.25) is 0 Å². The number of aliphatic hydroxyl groups is 1. The molecule has 0 aromatic carbocycles. The van der Waals surface area contributed by atoms with Crippen molar-refractivity contribution < 1.29 is 9.90 Å². The van der Waals surface area contributed by atoms with Crippen molar-refractivity contribution in [1.82, 2.24) is 0 Å². The molecule has 4 aliphatic carbocycles. The maximum Gasteiger partial charge on any atom is 0.155 e. The Labute approximate surface area is 160 Å². The van der Waals surface area contributed by atoms with Gasteiger partial charge in [0.05, 0.1) is 6.10 Å².